The highest BCUT2D eigenvalue weighted by Crippen LogP contribution is 2.32. The van der Waals surface area contributed by atoms with Gasteiger partial charge in [-0.2, -0.15) is 0 Å². The fourth-order valence-corrected chi connectivity index (χ4v) is 3.28. The molecule has 1 aliphatic rings. The van der Waals surface area contributed by atoms with Crippen LogP contribution in [-0.2, 0) is 0 Å². The van der Waals surface area contributed by atoms with Crippen molar-refractivity contribution in [2.45, 2.75) is 29.9 Å². The fraction of sp³-hybridized carbons (Fsp3) is 0.538. The topological polar surface area (TPSA) is 29.3 Å². The minimum absolute atomic E-state index is 0.776. The third-order valence-electron chi connectivity index (χ3n) is 3.16. The molecular weight excluding hydrogens is 216 g/mol. The minimum atomic E-state index is 0.776. The molecule has 1 saturated heterocycles. The van der Waals surface area contributed by atoms with Crippen molar-refractivity contribution in [1.29, 1.82) is 0 Å². The molecule has 0 aromatic heterocycles. The number of nitrogens with zero attached hydrogens (tertiary/aromatic N) is 1. The molecule has 1 aliphatic heterocycles. The lowest BCUT2D eigenvalue weighted by atomic mass is 10.1. The molecule has 0 saturated carbocycles. The average Bonchev–Trinajstić information content (AvgIpc) is 2.25. The Balaban J connectivity index is 1.98. The molecule has 88 valence electrons. The molecular formula is C13H20N2S. The molecule has 2 rings (SSSR count). The SMILES string of the molecule is Cc1cc(N)ccc1SC1CCN(C)CC1. The highest BCUT2D eigenvalue weighted by molar-refractivity contribution is 8.00. The summed E-state index contributed by atoms with van der Waals surface area (Å²) in [5.41, 5.74) is 7.94. The number of aryl methyl sites for hydroxylation is 1. The molecule has 16 heavy (non-hydrogen) atoms. The van der Waals surface area contributed by atoms with Crippen molar-refractivity contribution in [1.82, 2.24) is 4.90 Å². The summed E-state index contributed by atoms with van der Waals surface area (Å²) in [6, 6.07) is 6.23. The number of piperidine rings is 1. The number of anilines is 1. The number of benzene rings is 1. The van der Waals surface area contributed by atoms with E-state index >= 15 is 0 Å². The van der Waals surface area contributed by atoms with Gasteiger partial charge in [-0.15, -0.1) is 11.8 Å². The monoisotopic (exact) mass is 236 g/mol. The Kier molecular flexibility index (Phi) is 3.77. The van der Waals surface area contributed by atoms with E-state index in [1.165, 1.54) is 36.4 Å². The number of thioether (sulfide) groups is 1. The lowest BCUT2D eigenvalue weighted by Gasteiger charge is -2.28. The first-order valence-corrected chi connectivity index (χ1v) is 6.74. The Morgan fingerprint density at radius 1 is 1.31 bits per heavy atom. The molecule has 1 heterocycles. The van der Waals surface area contributed by atoms with Gasteiger partial charge in [0.05, 0.1) is 0 Å². The highest BCUT2D eigenvalue weighted by atomic mass is 32.2. The summed E-state index contributed by atoms with van der Waals surface area (Å²) >= 11 is 2.02. The zero-order valence-corrected chi connectivity index (χ0v) is 10.9. The van der Waals surface area contributed by atoms with Crippen LogP contribution in [-0.4, -0.2) is 30.3 Å². The first-order valence-electron chi connectivity index (χ1n) is 5.86. The molecule has 2 nitrogen and oxygen atoms in total. The smallest absolute Gasteiger partial charge is 0.0317 e. The van der Waals surface area contributed by atoms with E-state index in [9.17, 15) is 0 Å². The van der Waals surface area contributed by atoms with Crippen molar-refractivity contribution in [2.24, 2.45) is 0 Å². The van der Waals surface area contributed by atoms with Gasteiger partial charge in [-0.1, -0.05) is 0 Å². The molecule has 0 spiro atoms. The average molecular weight is 236 g/mol. The second-order valence-corrected chi connectivity index (χ2v) is 5.99. The lowest BCUT2D eigenvalue weighted by Crippen LogP contribution is -2.31. The third-order valence-corrected chi connectivity index (χ3v) is 4.67. The van der Waals surface area contributed by atoms with Crippen LogP contribution in [0, 0.1) is 6.92 Å². The first kappa shape index (κ1) is 11.8. The maximum absolute atomic E-state index is 5.76. The van der Waals surface area contributed by atoms with Crippen molar-refractivity contribution in [3.05, 3.63) is 23.8 Å². The van der Waals surface area contributed by atoms with Gasteiger partial charge >= 0.3 is 0 Å². The molecule has 2 N–H and O–H groups in total. The number of likely N-dealkylation sites (tertiary alicyclic amines) is 1. The van der Waals surface area contributed by atoms with Crippen LogP contribution >= 0.6 is 11.8 Å². The van der Waals surface area contributed by atoms with Crippen LogP contribution in [0.3, 0.4) is 0 Å². The van der Waals surface area contributed by atoms with E-state index < -0.39 is 0 Å². The van der Waals surface area contributed by atoms with Gasteiger partial charge in [0.25, 0.3) is 0 Å². The third kappa shape index (κ3) is 2.92. The van der Waals surface area contributed by atoms with Crippen LogP contribution in [0.2, 0.25) is 0 Å². The van der Waals surface area contributed by atoms with Gasteiger partial charge in [0, 0.05) is 15.8 Å². The van der Waals surface area contributed by atoms with Crippen LogP contribution in [0.15, 0.2) is 23.1 Å². The molecule has 1 aromatic rings. The van der Waals surface area contributed by atoms with Gasteiger partial charge in [0.1, 0.15) is 0 Å². The van der Waals surface area contributed by atoms with Crippen LogP contribution < -0.4 is 5.73 Å². The van der Waals surface area contributed by atoms with E-state index in [1.54, 1.807) is 0 Å². The second kappa shape index (κ2) is 5.11. The van der Waals surface area contributed by atoms with E-state index in [4.69, 9.17) is 5.73 Å². The second-order valence-electron chi connectivity index (χ2n) is 4.65. The van der Waals surface area contributed by atoms with E-state index in [0.717, 1.165) is 10.9 Å². The molecule has 0 unspecified atom stereocenters. The number of rotatable bonds is 2. The van der Waals surface area contributed by atoms with Crippen molar-refractivity contribution >= 4 is 17.4 Å². The molecule has 0 amide bonds. The molecule has 1 aromatic carbocycles. The Morgan fingerprint density at radius 2 is 2.00 bits per heavy atom. The molecule has 0 radical (unpaired) electrons. The Bertz CT molecular complexity index is 357. The summed E-state index contributed by atoms with van der Waals surface area (Å²) in [5.74, 6) is 0. The van der Waals surface area contributed by atoms with Crippen molar-refractivity contribution in [3.63, 3.8) is 0 Å². The molecule has 0 aliphatic carbocycles. The van der Waals surface area contributed by atoms with Gasteiger partial charge < -0.3 is 10.6 Å². The van der Waals surface area contributed by atoms with Crippen LogP contribution in [0.5, 0.6) is 0 Å². The van der Waals surface area contributed by atoms with Gasteiger partial charge in [-0.05, 0) is 63.7 Å². The largest absolute Gasteiger partial charge is 0.399 e. The van der Waals surface area contributed by atoms with Crippen molar-refractivity contribution in [3.8, 4) is 0 Å². The van der Waals surface area contributed by atoms with Gasteiger partial charge in [-0.25, -0.2) is 0 Å². The predicted octanol–water partition coefficient (Wildman–Crippen LogP) is 2.76. The van der Waals surface area contributed by atoms with E-state index in [2.05, 4.69) is 31.0 Å². The Hall–Kier alpha value is -0.670. The first-order chi connectivity index (χ1) is 7.65. The number of hydrogen-bond acceptors (Lipinski definition) is 3. The Morgan fingerprint density at radius 3 is 2.62 bits per heavy atom. The maximum atomic E-state index is 5.76. The fourth-order valence-electron chi connectivity index (χ4n) is 2.09. The van der Waals surface area contributed by atoms with Crippen molar-refractivity contribution in [2.75, 3.05) is 25.9 Å². The number of nitrogens with two attached hydrogens (primary N) is 1. The van der Waals surface area contributed by atoms with Crippen LogP contribution in [0.4, 0.5) is 5.69 Å². The quantitative estimate of drug-likeness (QED) is 0.801. The molecule has 0 atom stereocenters. The predicted molar refractivity (Wildman–Crippen MR) is 72.0 cm³/mol. The zero-order chi connectivity index (χ0) is 11.5. The Labute approximate surface area is 102 Å². The summed E-state index contributed by atoms with van der Waals surface area (Å²) in [4.78, 5) is 3.80. The normalized spacial score (nSPS) is 18.9. The van der Waals surface area contributed by atoms with E-state index in [1.807, 2.05) is 17.8 Å². The molecule has 1 fully saturated rings. The lowest BCUT2D eigenvalue weighted by molar-refractivity contribution is 0.282. The zero-order valence-electron chi connectivity index (χ0n) is 10.1. The summed E-state index contributed by atoms with van der Waals surface area (Å²) in [7, 11) is 2.20. The van der Waals surface area contributed by atoms with E-state index in [-0.39, 0.29) is 0 Å². The standard InChI is InChI=1S/C13H20N2S/c1-10-9-11(14)3-4-13(10)16-12-5-7-15(2)8-6-12/h3-4,9,12H,5-8,14H2,1-2H3. The number of nitrogen functional groups attached to an aromatic ring is 1. The molecule has 0 bridgehead atoms. The summed E-state index contributed by atoms with van der Waals surface area (Å²) in [5, 5.41) is 0.776. The molecule has 3 heteroatoms. The summed E-state index contributed by atoms with van der Waals surface area (Å²) < 4.78 is 0. The minimum Gasteiger partial charge on any atom is -0.399 e. The highest BCUT2D eigenvalue weighted by Gasteiger charge is 2.18. The maximum Gasteiger partial charge on any atom is 0.0317 e. The summed E-state index contributed by atoms with van der Waals surface area (Å²) in [6.07, 6.45) is 2.59. The van der Waals surface area contributed by atoms with Crippen LogP contribution in [0.1, 0.15) is 18.4 Å². The van der Waals surface area contributed by atoms with Crippen molar-refractivity contribution < 1.29 is 0 Å². The van der Waals surface area contributed by atoms with Crippen LogP contribution in [0.25, 0.3) is 0 Å². The number of hydrogen-bond donors (Lipinski definition) is 1. The van der Waals surface area contributed by atoms with Gasteiger partial charge in [0.2, 0.25) is 0 Å². The van der Waals surface area contributed by atoms with E-state index in [0.29, 0.717) is 0 Å². The van der Waals surface area contributed by atoms with Gasteiger partial charge in [0.15, 0.2) is 0 Å². The summed E-state index contributed by atoms with van der Waals surface area (Å²) in [6.45, 7) is 4.60. The van der Waals surface area contributed by atoms with Gasteiger partial charge in [-0.3, -0.25) is 0 Å².